The molecular weight excluding hydrogens is 440 g/mol. The maximum Gasteiger partial charge on any atom is 0.227 e. The van der Waals surface area contributed by atoms with E-state index in [1.54, 1.807) is 83.1 Å². The summed E-state index contributed by atoms with van der Waals surface area (Å²) in [7, 11) is 0. The maximum absolute atomic E-state index is 9.30. The van der Waals surface area contributed by atoms with Gasteiger partial charge in [0.05, 0.1) is 5.69 Å². The Kier molecular flexibility index (Phi) is 3.69. The number of aromatic nitrogens is 2. The summed E-state index contributed by atoms with van der Waals surface area (Å²) in [5.41, 5.74) is 0.0259. The van der Waals surface area contributed by atoms with E-state index >= 15 is 0 Å². The summed E-state index contributed by atoms with van der Waals surface area (Å²) < 4.78 is 89.8. The summed E-state index contributed by atoms with van der Waals surface area (Å²) in [6, 6.07) is 16.3. The van der Waals surface area contributed by atoms with E-state index in [-0.39, 0.29) is 28.1 Å². The molecule has 3 aromatic heterocycles. The molecule has 2 aromatic carbocycles. The summed E-state index contributed by atoms with van der Waals surface area (Å²) in [6.07, 6.45) is -2.51. The highest BCUT2D eigenvalue weighted by molar-refractivity contribution is 6.08. The van der Waals surface area contributed by atoms with Gasteiger partial charge in [-0.25, -0.2) is 4.98 Å². The molecule has 0 unspecified atom stereocenters. The van der Waals surface area contributed by atoms with Crippen LogP contribution in [-0.2, 0) is 18.2 Å². The Balaban J connectivity index is 1.66. The zero-order valence-corrected chi connectivity index (χ0v) is 21.2. The van der Waals surface area contributed by atoms with Gasteiger partial charge in [-0.2, -0.15) is 0 Å². The van der Waals surface area contributed by atoms with Crippen LogP contribution in [0.4, 0.5) is 0 Å². The largest absolute Gasteiger partial charge is 0.437 e. The molecule has 0 saturated heterocycles. The SMILES string of the molecule is [2H]C([2H])([2H])c1ccc2c(n1)oc1c(-c3cc(C(C)(C)C([2H])([2H])c4ccc(C([2H])([2H])C(C)(C)C)cc4)c(C([2H])([2H])[2H])cn3)cccc12. The number of aryl methyl sites for hydroxylation is 2. The molecule has 0 atom stereocenters. The molecule has 5 aromatic rings. The van der Waals surface area contributed by atoms with Gasteiger partial charge in [0.1, 0.15) is 5.58 Å². The first-order valence-corrected chi connectivity index (χ1v) is 11.9. The van der Waals surface area contributed by atoms with Gasteiger partial charge in [0.15, 0.2) is 0 Å². The van der Waals surface area contributed by atoms with E-state index < -0.39 is 37.3 Å². The van der Waals surface area contributed by atoms with Gasteiger partial charge in [-0.3, -0.25) is 4.98 Å². The van der Waals surface area contributed by atoms with Crippen LogP contribution in [0.5, 0.6) is 0 Å². The van der Waals surface area contributed by atoms with Crippen LogP contribution in [0.1, 0.15) is 76.3 Å². The highest BCUT2D eigenvalue weighted by Gasteiger charge is 2.25. The highest BCUT2D eigenvalue weighted by atomic mass is 16.3. The summed E-state index contributed by atoms with van der Waals surface area (Å²) in [4.78, 5) is 8.71. The molecule has 0 aliphatic rings. The van der Waals surface area contributed by atoms with Crippen LogP contribution in [0.15, 0.2) is 71.3 Å². The van der Waals surface area contributed by atoms with Crippen LogP contribution in [0.25, 0.3) is 33.3 Å². The molecule has 0 spiro atoms. The lowest BCUT2D eigenvalue weighted by atomic mass is 9.77. The van der Waals surface area contributed by atoms with E-state index in [0.29, 0.717) is 33.2 Å². The molecule has 184 valence electrons. The fourth-order valence-electron chi connectivity index (χ4n) is 4.50. The minimum absolute atomic E-state index is 0.0911. The molecule has 0 bridgehead atoms. The zero-order chi connectivity index (χ0) is 34.3. The number of furan rings is 1. The number of pyridine rings is 2. The van der Waals surface area contributed by atoms with Gasteiger partial charge in [0.2, 0.25) is 5.71 Å². The van der Waals surface area contributed by atoms with E-state index in [9.17, 15) is 2.74 Å². The van der Waals surface area contributed by atoms with Gasteiger partial charge >= 0.3 is 0 Å². The quantitative estimate of drug-likeness (QED) is 0.249. The Morgan fingerprint density at radius 1 is 0.861 bits per heavy atom. The number of para-hydroxylation sites is 1. The average molecular weight is 487 g/mol. The van der Waals surface area contributed by atoms with E-state index in [1.165, 1.54) is 12.3 Å². The smallest absolute Gasteiger partial charge is 0.227 e. The van der Waals surface area contributed by atoms with Crippen molar-refractivity contribution in [3.63, 3.8) is 0 Å². The van der Waals surface area contributed by atoms with Gasteiger partial charge in [-0.15, -0.1) is 0 Å². The van der Waals surface area contributed by atoms with E-state index in [1.807, 2.05) is 6.07 Å². The second-order valence-corrected chi connectivity index (χ2v) is 10.7. The van der Waals surface area contributed by atoms with Crippen molar-refractivity contribution in [3.05, 3.63) is 94.8 Å². The number of hydrogen-bond acceptors (Lipinski definition) is 3. The normalized spacial score (nSPS) is 18.1. The number of nitrogens with zero attached hydrogens (tertiary/aromatic N) is 2. The summed E-state index contributed by atoms with van der Waals surface area (Å²) in [5, 5.41) is 1.28. The lowest BCUT2D eigenvalue weighted by Gasteiger charge is -2.28. The van der Waals surface area contributed by atoms with Gasteiger partial charge in [-0.1, -0.05) is 71.0 Å². The molecule has 0 fully saturated rings. The van der Waals surface area contributed by atoms with Crippen molar-refractivity contribution in [1.82, 2.24) is 9.97 Å². The van der Waals surface area contributed by atoms with Crippen LogP contribution < -0.4 is 0 Å². The number of hydrogen-bond donors (Lipinski definition) is 0. The molecule has 0 amide bonds. The van der Waals surface area contributed by atoms with Gasteiger partial charge in [0, 0.05) is 41.9 Å². The molecule has 3 heteroatoms. The minimum atomic E-state index is -2.60. The van der Waals surface area contributed by atoms with Crippen LogP contribution in [0, 0.1) is 19.1 Å². The first kappa shape index (κ1) is 14.9. The predicted molar refractivity (Wildman–Crippen MR) is 151 cm³/mol. The first-order chi connectivity index (χ1) is 21.0. The second kappa shape index (κ2) is 8.89. The lowest BCUT2D eigenvalue weighted by Crippen LogP contribution is -2.22. The zero-order valence-electron chi connectivity index (χ0n) is 31.2. The molecule has 36 heavy (non-hydrogen) atoms. The maximum atomic E-state index is 9.30. The second-order valence-electron chi connectivity index (χ2n) is 10.7. The number of rotatable bonds is 5. The lowest BCUT2D eigenvalue weighted by molar-refractivity contribution is 0.411. The van der Waals surface area contributed by atoms with Crippen LogP contribution in [0.3, 0.4) is 0 Å². The topological polar surface area (TPSA) is 38.9 Å². The Bertz CT molecular complexity index is 1930. The first-order valence-electron chi connectivity index (χ1n) is 16.9. The number of benzene rings is 2. The Hall–Kier alpha value is -3.46. The third kappa shape index (κ3) is 4.80. The van der Waals surface area contributed by atoms with Crippen LogP contribution in [-0.4, -0.2) is 9.97 Å². The fraction of sp³-hybridized carbons (Fsp3) is 0.333. The summed E-state index contributed by atoms with van der Waals surface area (Å²) in [6.45, 7) is 3.69. The molecule has 0 aliphatic heterocycles. The third-order valence-corrected chi connectivity index (χ3v) is 6.08. The number of fused-ring (bicyclic) bond motifs is 3. The van der Waals surface area contributed by atoms with E-state index in [4.69, 9.17) is 15.4 Å². The van der Waals surface area contributed by atoms with Crippen molar-refractivity contribution in [2.75, 3.05) is 0 Å². The summed E-state index contributed by atoms with van der Waals surface area (Å²) in [5.74, 6) is 0. The van der Waals surface area contributed by atoms with Crippen molar-refractivity contribution in [2.45, 2.75) is 66.5 Å². The van der Waals surface area contributed by atoms with Gasteiger partial charge in [-0.05, 0) is 83.8 Å². The molecule has 3 heterocycles. The average Bonchev–Trinajstić information content (AvgIpc) is 3.33. The predicted octanol–water partition coefficient (Wildman–Crippen LogP) is 8.77. The minimum Gasteiger partial charge on any atom is -0.437 e. The van der Waals surface area contributed by atoms with Crippen LogP contribution >= 0.6 is 0 Å². The monoisotopic (exact) mass is 486 g/mol. The summed E-state index contributed by atoms with van der Waals surface area (Å²) >= 11 is 0. The van der Waals surface area contributed by atoms with Crippen molar-refractivity contribution in [2.24, 2.45) is 5.41 Å². The van der Waals surface area contributed by atoms with Crippen molar-refractivity contribution in [3.8, 4) is 11.3 Å². The Labute approximate surface area is 228 Å². The fourth-order valence-corrected chi connectivity index (χ4v) is 4.50. The third-order valence-electron chi connectivity index (χ3n) is 6.08. The Morgan fingerprint density at radius 3 is 2.31 bits per heavy atom. The van der Waals surface area contributed by atoms with Crippen LogP contribution in [0.2, 0.25) is 0 Å². The molecule has 0 saturated carbocycles. The van der Waals surface area contributed by atoms with Crippen molar-refractivity contribution >= 4 is 22.1 Å². The van der Waals surface area contributed by atoms with Crippen molar-refractivity contribution < 1.29 is 18.1 Å². The highest BCUT2D eigenvalue weighted by Crippen LogP contribution is 2.37. The van der Waals surface area contributed by atoms with Gasteiger partial charge < -0.3 is 4.42 Å². The molecule has 3 nitrogen and oxygen atoms in total. The van der Waals surface area contributed by atoms with E-state index in [0.717, 1.165) is 0 Å². The van der Waals surface area contributed by atoms with Gasteiger partial charge in [0.25, 0.3) is 0 Å². The molecule has 0 radical (unpaired) electrons. The molecule has 0 N–H and O–H groups in total. The molecule has 5 rings (SSSR count). The molecular formula is C33H36N2O. The standard InChI is InChI=1S/C33H36N2O/c1-21-20-34-29(27-10-8-9-25-26-16-11-22(2)35-31(26)36-30(25)27)17-28(21)33(6,7)19-24-14-12-23(13-15-24)18-32(3,4)5/h8-17,20H,18-19H2,1-7H3/i1D3,2D3,18D2,19D2. The molecule has 0 aliphatic carbocycles. The van der Waals surface area contributed by atoms with E-state index in [2.05, 4.69) is 9.97 Å². The Morgan fingerprint density at radius 2 is 1.61 bits per heavy atom. The van der Waals surface area contributed by atoms with Crippen molar-refractivity contribution in [1.29, 1.82) is 0 Å².